The number of amides is 1. The van der Waals surface area contributed by atoms with Crippen LogP contribution in [-0.2, 0) is 15.0 Å². The molecule has 0 radical (unpaired) electrons. The molecule has 4 rings (SSSR count). The van der Waals surface area contributed by atoms with E-state index in [4.69, 9.17) is 9.47 Å². The van der Waals surface area contributed by atoms with Crippen LogP contribution in [0.3, 0.4) is 0 Å². The molecule has 1 saturated heterocycles. The summed E-state index contributed by atoms with van der Waals surface area (Å²) in [5.74, 6) is -0.537. The molecule has 0 saturated carbocycles. The Morgan fingerprint density at radius 2 is 1.46 bits per heavy atom. The van der Waals surface area contributed by atoms with Gasteiger partial charge in [-0.2, -0.15) is 0 Å². The first-order chi connectivity index (χ1) is 17.7. The van der Waals surface area contributed by atoms with Gasteiger partial charge in [0.25, 0.3) is 11.7 Å². The summed E-state index contributed by atoms with van der Waals surface area (Å²) in [5, 5.41) is 11.4. The lowest BCUT2D eigenvalue weighted by molar-refractivity contribution is -0.132. The number of nitrogens with zero attached hydrogens (tertiary/aromatic N) is 1. The quantitative estimate of drug-likeness (QED) is 0.231. The van der Waals surface area contributed by atoms with Gasteiger partial charge in [-0.1, -0.05) is 63.2 Å². The molecule has 6 heteroatoms. The molecule has 0 spiro atoms. The minimum atomic E-state index is -0.818. The Kier molecular flexibility index (Phi) is 7.39. The van der Waals surface area contributed by atoms with Crippen molar-refractivity contribution in [2.45, 2.75) is 46.1 Å². The van der Waals surface area contributed by atoms with Crippen LogP contribution in [0.2, 0.25) is 0 Å². The van der Waals surface area contributed by atoms with Gasteiger partial charge in [-0.15, -0.1) is 0 Å². The normalized spacial score (nSPS) is 17.2. The number of aliphatic hydroxyl groups excluding tert-OH is 1. The molecule has 3 aromatic carbocycles. The third kappa shape index (κ3) is 5.24. The van der Waals surface area contributed by atoms with Gasteiger partial charge >= 0.3 is 0 Å². The number of ether oxygens (including phenoxy) is 2. The Balaban J connectivity index is 1.91. The number of carbonyl (C=O) groups is 2. The summed E-state index contributed by atoms with van der Waals surface area (Å²) in [6.45, 7) is 11.1. The van der Waals surface area contributed by atoms with Crippen LogP contribution in [0.4, 0.5) is 5.69 Å². The van der Waals surface area contributed by atoms with E-state index in [0.29, 0.717) is 36.0 Å². The predicted molar refractivity (Wildman–Crippen MR) is 145 cm³/mol. The van der Waals surface area contributed by atoms with E-state index in [1.807, 2.05) is 38.1 Å². The molecule has 0 bridgehead atoms. The Labute approximate surface area is 218 Å². The number of hydrogen-bond acceptors (Lipinski definition) is 5. The average molecular weight is 500 g/mol. The maximum atomic E-state index is 13.5. The van der Waals surface area contributed by atoms with Crippen LogP contribution in [-0.4, -0.2) is 30.0 Å². The number of benzene rings is 3. The summed E-state index contributed by atoms with van der Waals surface area (Å²) in [7, 11) is 0. The van der Waals surface area contributed by atoms with Crippen LogP contribution >= 0.6 is 0 Å². The monoisotopic (exact) mass is 499 g/mol. The molecule has 1 unspecified atom stereocenters. The largest absolute Gasteiger partial charge is 0.507 e. The smallest absolute Gasteiger partial charge is 0.300 e. The number of carbonyl (C=O) groups excluding carboxylic acids is 2. The first kappa shape index (κ1) is 26.0. The van der Waals surface area contributed by atoms with E-state index in [9.17, 15) is 14.7 Å². The van der Waals surface area contributed by atoms with E-state index in [2.05, 4.69) is 20.8 Å². The second-order valence-corrected chi connectivity index (χ2v) is 9.93. The van der Waals surface area contributed by atoms with Gasteiger partial charge in [-0.3, -0.25) is 14.5 Å². The van der Waals surface area contributed by atoms with Crippen LogP contribution in [0.1, 0.15) is 57.4 Å². The fourth-order valence-electron chi connectivity index (χ4n) is 4.52. The average Bonchev–Trinajstić information content (AvgIpc) is 3.14. The molecule has 1 atom stereocenters. The highest BCUT2D eigenvalue weighted by molar-refractivity contribution is 6.51. The van der Waals surface area contributed by atoms with Crippen LogP contribution in [0, 0.1) is 0 Å². The summed E-state index contributed by atoms with van der Waals surface area (Å²) >= 11 is 0. The predicted octanol–water partition coefficient (Wildman–Crippen LogP) is 6.41. The summed E-state index contributed by atoms with van der Waals surface area (Å²) in [6, 6.07) is 21.0. The van der Waals surface area contributed by atoms with Crippen molar-refractivity contribution in [1.29, 1.82) is 0 Å². The van der Waals surface area contributed by atoms with Gasteiger partial charge in [0.05, 0.1) is 24.8 Å². The standard InChI is InChI=1S/C31H33NO5/c1-6-36-24-12-8-10-21(18-24)28(33)26-27(20-14-16-22(17-15-20)31(3,4)5)32(30(35)29(26)34)23-11-9-13-25(19-23)37-7-2/h8-19,27,33H,6-7H2,1-5H3/b28-26+. The van der Waals surface area contributed by atoms with Gasteiger partial charge < -0.3 is 14.6 Å². The first-order valence-corrected chi connectivity index (χ1v) is 12.5. The number of Topliss-reactive ketones (excluding diaryl/α,β-unsaturated/α-hetero) is 1. The third-order valence-corrected chi connectivity index (χ3v) is 6.36. The van der Waals surface area contributed by atoms with Gasteiger partial charge in [-0.25, -0.2) is 0 Å². The van der Waals surface area contributed by atoms with E-state index in [-0.39, 0.29) is 16.7 Å². The zero-order chi connectivity index (χ0) is 26.7. The lowest BCUT2D eigenvalue weighted by Crippen LogP contribution is -2.29. The molecule has 1 aliphatic heterocycles. The zero-order valence-corrected chi connectivity index (χ0v) is 21.9. The summed E-state index contributed by atoms with van der Waals surface area (Å²) in [6.07, 6.45) is 0. The van der Waals surface area contributed by atoms with Crippen molar-refractivity contribution in [2.75, 3.05) is 18.1 Å². The van der Waals surface area contributed by atoms with Crippen molar-refractivity contribution in [3.05, 3.63) is 95.1 Å². The number of hydrogen-bond donors (Lipinski definition) is 1. The number of rotatable bonds is 7. The molecule has 1 N–H and O–H groups in total. The topological polar surface area (TPSA) is 76.1 Å². The molecule has 1 amide bonds. The van der Waals surface area contributed by atoms with Crippen LogP contribution in [0.5, 0.6) is 11.5 Å². The Bertz CT molecular complexity index is 1330. The molecule has 3 aromatic rings. The van der Waals surface area contributed by atoms with Crippen molar-refractivity contribution in [2.24, 2.45) is 0 Å². The van der Waals surface area contributed by atoms with E-state index in [0.717, 1.165) is 11.1 Å². The van der Waals surface area contributed by atoms with Gasteiger partial charge in [0, 0.05) is 17.3 Å². The SMILES string of the molecule is CCOc1cccc(/C(O)=C2\C(=O)C(=O)N(c3cccc(OCC)c3)C2c2ccc(C(C)(C)C)cc2)c1. The molecule has 37 heavy (non-hydrogen) atoms. The van der Waals surface area contributed by atoms with Gasteiger partial charge in [0.2, 0.25) is 0 Å². The van der Waals surface area contributed by atoms with Crippen molar-refractivity contribution in [3.63, 3.8) is 0 Å². The van der Waals surface area contributed by atoms with Crippen molar-refractivity contribution < 1.29 is 24.2 Å². The molecule has 1 heterocycles. The molecular weight excluding hydrogens is 466 g/mol. The third-order valence-electron chi connectivity index (χ3n) is 6.36. The van der Waals surface area contributed by atoms with E-state index in [1.165, 1.54) is 4.90 Å². The minimum Gasteiger partial charge on any atom is -0.507 e. The van der Waals surface area contributed by atoms with E-state index < -0.39 is 17.7 Å². The van der Waals surface area contributed by atoms with Crippen LogP contribution in [0.15, 0.2) is 78.4 Å². The van der Waals surface area contributed by atoms with Crippen LogP contribution in [0.25, 0.3) is 5.76 Å². The van der Waals surface area contributed by atoms with Gasteiger partial charge in [-0.05, 0) is 54.7 Å². The number of aliphatic hydroxyl groups is 1. The van der Waals surface area contributed by atoms with Crippen LogP contribution < -0.4 is 14.4 Å². The molecule has 0 aromatic heterocycles. The van der Waals surface area contributed by atoms with E-state index >= 15 is 0 Å². The number of ketones is 1. The van der Waals surface area contributed by atoms with Crippen molar-refractivity contribution in [3.8, 4) is 11.5 Å². The molecule has 192 valence electrons. The molecule has 6 nitrogen and oxygen atoms in total. The molecule has 1 aliphatic rings. The van der Waals surface area contributed by atoms with Gasteiger partial charge in [0.15, 0.2) is 0 Å². The Hall–Kier alpha value is -4.06. The maximum absolute atomic E-state index is 13.5. The second kappa shape index (κ2) is 10.5. The highest BCUT2D eigenvalue weighted by Crippen LogP contribution is 2.43. The minimum absolute atomic E-state index is 0.0315. The Morgan fingerprint density at radius 1 is 0.865 bits per heavy atom. The fraction of sp³-hybridized carbons (Fsp3) is 0.290. The summed E-state index contributed by atoms with van der Waals surface area (Å²) < 4.78 is 11.2. The number of anilines is 1. The molecular formula is C31H33NO5. The van der Waals surface area contributed by atoms with E-state index in [1.54, 1.807) is 48.5 Å². The lowest BCUT2D eigenvalue weighted by Gasteiger charge is -2.27. The van der Waals surface area contributed by atoms with Crippen molar-refractivity contribution in [1.82, 2.24) is 0 Å². The fourth-order valence-corrected chi connectivity index (χ4v) is 4.52. The maximum Gasteiger partial charge on any atom is 0.300 e. The molecule has 1 fully saturated rings. The highest BCUT2D eigenvalue weighted by atomic mass is 16.5. The first-order valence-electron chi connectivity index (χ1n) is 12.5. The van der Waals surface area contributed by atoms with Gasteiger partial charge in [0.1, 0.15) is 17.3 Å². The second-order valence-electron chi connectivity index (χ2n) is 9.93. The summed E-state index contributed by atoms with van der Waals surface area (Å²) in [4.78, 5) is 28.4. The molecule has 0 aliphatic carbocycles. The zero-order valence-electron chi connectivity index (χ0n) is 21.9. The summed E-state index contributed by atoms with van der Waals surface area (Å²) in [5.41, 5.74) is 2.73. The Morgan fingerprint density at radius 3 is 2.05 bits per heavy atom. The lowest BCUT2D eigenvalue weighted by atomic mass is 9.85. The van der Waals surface area contributed by atoms with Crippen molar-refractivity contribution >= 4 is 23.1 Å². The highest BCUT2D eigenvalue weighted by Gasteiger charge is 2.47.